The second kappa shape index (κ2) is 7.82. The maximum atomic E-state index is 12.8. The van der Waals surface area contributed by atoms with Gasteiger partial charge in [0.1, 0.15) is 0 Å². The average Bonchev–Trinajstić information content (AvgIpc) is 2.93. The molecule has 0 radical (unpaired) electrons. The number of nitrogens with zero attached hydrogens (tertiary/aromatic N) is 1. The number of likely N-dealkylation sites (tertiary alicyclic amines) is 1. The summed E-state index contributed by atoms with van der Waals surface area (Å²) in [5.41, 5.74) is 0.410. The predicted molar refractivity (Wildman–Crippen MR) is 94.0 cm³/mol. The van der Waals surface area contributed by atoms with Crippen molar-refractivity contribution in [2.24, 2.45) is 0 Å². The molecule has 2 atom stereocenters. The first kappa shape index (κ1) is 18.3. The van der Waals surface area contributed by atoms with Gasteiger partial charge in [0.05, 0.1) is 11.5 Å². The van der Waals surface area contributed by atoms with Crippen LogP contribution in [0.15, 0.2) is 29.2 Å². The molecular weight excluding hydrogens is 342 g/mol. The van der Waals surface area contributed by atoms with Gasteiger partial charge in [-0.25, -0.2) is 13.1 Å². The second-order valence-corrected chi connectivity index (χ2v) is 8.36. The molecule has 1 aromatic rings. The van der Waals surface area contributed by atoms with E-state index in [-0.39, 0.29) is 17.3 Å². The summed E-state index contributed by atoms with van der Waals surface area (Å²) in [6.07, 6.45) is 3.21. The van der Waals surface area contributed by atoms with E-state index in [1.807, 2.05) is 4.90 Å². The van der Waals surface area contributed by atoms with Crippen molar-refractivity contribution in [3.05, 3.63) is 29.8 Å². The number of amides is 1. The number of rotatable bonds is 6. The van der Waals surface area contributed by atoms with Gasteiger partial charge in [0.25, 0.3) is 5.91 Å². The summed E-state index contributed by atoms with van der Waals surface area (Å²) >= 11 is 0. The van der Waals surface area contributed by atoms with E-state index in [4.69, 9.17) is 4.74 Å². The first-order valence-corrected chi connectivity index (χ1v) is 10.1. The lowest BCUT2D eigenvalue weighted by Gasteiger charge is -2.24. The number of sulfonamides is 1. The van der Waals surface area contributed by atoms with E-state index in [1.165, 1.54) is 25.7 Å². The van der Waals surface area contributed by atoms with E-state index in [0.29, 0.717) is 37.3 Å². The van der Waals surface area contributed by atoms with E-state index in [9.17, 15) is 13.2 Å². The molecule has 1 aromatic carbocycles. The topological polar surface area (TPSA) is 87.7 Å². The lowest BCUT2D eigenvalue weighted by atomic mass is 10.1. The number of methoxy groups -OCH3 is 1. The molecule has 2 aliphatic rings. The van der Waals surface area contributed by atoms with Crippen LogP contribution in [0, 0.1) is 0 Å². The van der Waals surface area contributed by atoms with Crippen molar-refractivity contribution in [3.8, 4) is 0 Å². The molecule has 0 saturated carbocycles. The number of carbonyl (C=O) groups excluding carboxylic acids is 1. The van der Waals surface area contributed by atoms with Gasteiger partial charge in [-0.15, -0.1) is 0 Å². The van der Waals surface area contributed by atoms with Crippen LogP contribution in [0.25, 0.3) is 0 Å². The fourth-order valence-corrected chi connectivity index (χ4v) is 4.53. The van der Waals surface area contributed by atoms with E-state index >= 15 is 0 Å². The normalized spacial score (nSPS) is 23.5. The maximum absolute atomic E-state index is 12.8. The minimum atomic E-state index is -3.65. The van der Waals surface area contributed by atoms with Crippen LogP contribution in [0.4, 0.5) is 0 Å². The van der Waals surface area contributed by atoms with Gasteiger partial charge >= 0.3 is 0 Å². The lowest BCUT2D eigenvalue weighted by Crippen LogP contribution is -2.39. The van der Waals surface area contributed by atoms with Crippen LogP contribution < -0.4 is 10.0 Å². The van der Waals surface area contributed by atoms with Crippen LogP contribution in [0.1, 0.15) is 29.6 Å². The monoisotopic (exact) mass is 367 g/mol. The summed E-state index contributed by atoms with van der Waals surface area (Å²) < 4.78 is 32.0. The van der Waals surface area contributed by atoms with Crippen molar-refractivity contribution in [1.29, 1.82) is 0 Å². The van der Waals surface area contributed by atoms with Crippen LogP contribution in [0.2, 0.25) is 0 Å². The molecule has 8 heteroatoms. The summed E-state index contributed by atoms with van der Waals surface area (Å²) in [5, 5.41) is 3.54. The molecule has 2 N–H and O–H groups in total. The van der Waals surface area contributed by atoms with E-state index in [1.54, 1.807) is 12.1 Å². The molecule has 0 aliphatic carbocycles. The Hall–Kier alpha value is -1.48. The van der Waals surface area contributed by atoms with E-state index in [2.05, 4.69) is 10.0 Å². The van der Waals surface area contributed by atoms with Crippen molar-refractivity contribution < 1.29 is 17.9 Å². The summed E-state index contributed by atoms with van der Waals surface area (Å²) in [5.74, 6) is -0.108. The predicted octanol–water partition coefficient (Wildman–Crippen LogP) is 0.578. The molecule has 2 saturated heterocycles. The lowest BCUT2D eigenvalue weighted by molar-refractivity contribution is 0.0748. The Morgan fingerprint density at radius 2 is 2.12 bits per heavy atom. The van der Waals surface area contributed by atoms with Crippen LogP contribution in [-0.4, -0.2) is 64.7 Å². The second-order valence-electron chi connectivity index (χ2n) is 6.60. The third kappa shape index (κ3) is 4.38. The van der Waals surface area contributed by atoms with Gasteiger partial charge in [-0.2, -0.15) is 0 Å². The fourth-order valence-electron chi connectivity index (χ4n) is 3.47. The zero-order valence-electron chi connectivity index (χ0n) is 14.4. The molecule has 2 unspecified atom stereocenters. The van der Waals surface area contributed by atoms with Gasteiger partial charge in [-0.3, -0.25) is 4.79 Å². The quantitative estimate of drug-likeness (QED) is 0.718. The van der Waals surface area contributed by atoms with Crippen molar-refractivity contribution in [3.63, 3.8) is 0 Å². The third-order valence-electron chi connectivity index (χ3n) is 4.80. The number of carbonyl (C=O) groups is 1. The molecule has 2 aliphatic heterocycles. The minimum Gasteiger partial charge on any atom is -0.383 e. The maximum Gasteiger partial charge on any atom is 0.253 e. The molecular formula is C17H25N3O4S. The van der Waals surface area contributed by atoms with Crippen molar-refractivity contribution in [2.75, 3.05) is 33.4 Å². The number of benzene rings is 1. The smallest absolute Gasteiger partial charge is 0.253 e. The zero-order valence-corrected chi connectivity index (χ0v) is 15.2. The van der Waals surface area contributed by atoms with Crippen LogP contribution in [0.3, 0.4) is 0 Å². The van der Waals surface area contributed by atoms with Crippen LogP contribution in [0.5, 0.6) is 0 Å². The van der Waals surface area contributed by atoms with Gasteiger partial charge in [0.15, 0.2) is 0 Å². The Kier molecular flexibility index (Phi) is 5.73. The third-order valence-corrected chi connectivity index (χ3v) is 6.26. The summed E-state index contributed by atoms with van der Waals surface area (Å²) in [6.45, 7) is 1.87. The number of ether oxygens (including phenoxy) is 1. The van der Waals surface area contributed by atoms with Crippen LogP contribution >= 0.6 is 0 Å². The van der Waals surface area contributed by atoms with E-state index < -0.39 is 10.0 Å². The van der Waals surface area contributed by atoms with Crippen LogP contribution in [-0.2, 0) is 14.8 Å². The molecule has 7 nitrogen and oxygen atoms in total. The number of hydrogen-bond donors (Lipinski definition) is 2. The fraction of sp³-hybridized carbons (Fsp3) is 0.588. The average molecular weight is 367 g/mol. The SMILES string of the molecule is COCCNS(=O)(=O)c1cccc(C(=O)N2CCC3CCC(C2)N3)c1. The molecule has 138 valence electrons. The number of hydrogen-bond acceptors (Lipinski definition) is 5. The Labute approximate surface area is 148 Å². The highest BCUT2D eigenvalue weighted by molar-refractivity contribution is 7.89. The largest absolute Gasteiger partial charge is 0.383 e. The highest BCUT2D eigenvalue weighted by Crippen LogP contribution is 2.22. The Morgan fingerprint density at radius 3 is 2.92 bits per heavy atom. The van der Waals surface area contributed by atoms with E-state index in [0.717, 1.165) is 12.8 Å². The zero-order chi connectivity index (χ0) is 17.9. The summed E-state index contributed by atoms with van der Waals surface area (Å²) in [6, 6.07) is 7.08. The van der Waals surface area contributed by atoms with Gasteiger partial charge in [-0.05, 0) is 37.5 Å². The molecule has 25 heavy (non-hydrogen) atoms. The highest BCUT2D eigenvalue weighted by Gasteiger charge is 2.31. The Bertz CT molecular complexity index is 722. The standard InChI is InChI=1S/C17H25N3O4S/c1-24-10-8-18-25(22,23)16-4-2-3-13(11-16)17(21)20-9-7-14-5-6-15(12-20)19-14/h2-4,11,14-15,18-19H,5-10,12H2,1H3. The Balaban J connectivity index is 1.73. The molecule has 2 fully saturated rings. The van der Waals surface area contributed by atoms with Gasteiger partial charge in [0.2, 0.25) is 10.0 Å². The van der Waals surface area contributed by atoms with Crippen molar-refractivity contribution in [1.82, 2.24) is 14.9 Å². The first-order valence-electron chi connectivity index (χ1n) is 8.63. The van der Waals surface area contributed by atoms with Gasteiger partial charge in [-0.1, -0.05) is 6.07 Å². The van der Waals surface area contributed by atoms with Crippen molar-refractivity contribution >= 4 is 15.9 Å². The first-order chi connectivity index (χ1) is 12.0. The highest BCUT2D eigenvalue weighted by atomic mass is 32.2. The molecule has 0 aromatic heterocycles. The van der Waals surface area contributed by atoms with Crippen molar-refractivity contribution in [2.45, 2.75) is 36.2 Å². The molecule has 0 spiro atoms. The number of fused-ring (bicyclic) bond motifs is 2. The van der Waals surface area contributed by atoms with Gasteiger partial charge in [0, 0.05) is 44.4 Å². The summed E-state index contributed by atoms with van der Waals surface area (Å²) in [7, 11) is -2.14. The summed E-state index contributed by atoms with van der Waals surface area (Å²) in [4.78, 5) is 14.8. The molecule has 2 heterocycles. The molecule has 1 amide bonds. The van der Waals surface area contributed by atoms with Gasteiger partial charge < -0.3 is 15.0 Å². The number of nitrogens with one attached hydrogen (secondary N) is 2. The Morgan fingerprint density at radius 1 is 1.32 bits per heavy atom. The molecule has 3 rings (SSSR count). The molecule has 2 bridgehead atoms. The minimum absolute atomic E-state index is 0.101.